The minimum Gasteiger partial charge on any atom is -0.374 e. The van der Waals surface area contributed by atoms with Crippen molar-refractivity contribution in [1.82, 2.24) is 0 Å². The molecule has 9 heavy (non-hydrogen) atoms. The Morgan fingerprint density at radius 1 is 1.44 bits per heavy atom. The first-order valence-electron chi connectivity index (χ1n) is 3.46. The van der Waals surface area contributed by atoms with Gasteiger partial charge in [-0.1, -0.05) is 6.92 Å². The molecule has 56 valence electrons. The molecule has 2 heteroatoms. The van der Waals surface area contributed by atoms with Gasteiger partial charge in [-0.25, -0.2) is 0 Å². The second kappa shape index (κ2) is 3.85. The van der Waals surface area contributed by atoms with Crippen molar-refractivity contribution in [2.75, 3.05) is 13.2 Å². The molecular formula is C7H17NO. The van der Waals surface area contributed by atoms with E-state index in [1.165, 1.54) is 0 Å². The molecule has 2 N–H and O–H groups in total. The normalized spacial score (nSPS) is 12.0. The molecule has 0 bridgehead atoms. The molecule has 0 saturated carbocycles. The van der Waals surface area contributed by atoms with Crippen LogP contribution in [0.15, 0.2) is 0 Å². The number of hydrogen-bond acceptors (Lipinski definition) is 2. The topological polar surface area (TPSA) is 35.2 Å². The van der Waals surface area contributed by atoms with Gasteiger partial charge in [0.05, 0.1) is 12.2 Å². The Kier molecular flexibility index (Phi) is 3.82. The van der Waals surface area contributed by atoms with Crippen molar-refractivity contribution in [3.63, 3.8) is 0 Å². The monoisotopic (exact) mass is 131 g/mol. The Bertz CT molecular complexity index is 71.3. The zero-order valence-electron chi connectivity index (χ0n) is 6.61. The lowest BCUT2D eigenvalue weighted by Crippen LogP contribution is -2.26. The fourth-order valence-corrected chi connectivity index (χ4v) is 0.437. The standard InChI is InChI=1S/C7H17NO/c1-4-7(2,3)9-6-5-8/h4-6,8H2,1-3H3. The molecule has 0 heterocycles. The SMILES string of the molecule is CCC(C)(C)OCCN. The summed E-state index contributed by atoms with van der Waals surface area (Å²) >= 11 is 0. The van der Waals surface area contributed by atoms with Crippen LogP contribution in [0.5, 0.6) is 0 Å². The van der Waals surface area contributed by atoms with Crippen LogP contribution >= 0.6 is 0 Å². The summed E-state index contributed by atoms with van der Waals surface area (Å²) in [6.07, 6.45) is 1.03. The van der Waals surface area contributed by atoms with Crippen LogP contribution in [-0.2, 0) is 4.74 Å². The number of ether oxygens (including phenoxy) is 1. The lowest BCUT2D eigenvalue weighted by Gasteiger charge is -2.22. The highest BCUT2D eigenvalue weighted by Crippen LogP contribution is 2.11. The van der Waals surface area contributed by atoms with E-state index < -0.39 is 0 Å². The fraction of sp³-hybridized carbons (Fsp3) is 1.00. The summed E-state index contributed by atoms with van der Waals surface area (Å²) < 4.78 is 5.40. The first-order chi connectivity index (χ1) is 4.12. The predicted octanol–water partition coefficient (Wildman–Crippen LogP) is 1.15. The Morgan fingerprint density at radius 3 is 2.33 bits per heavy atom. The van der Waals surface area contributed by atoms with E-state index in [1.54, 1.807) is 0 Å². The molecule has 0 saturated heterocycles. The molecule has 0 aromatic heterocycles. The third-order valence-electron chi connectivity index (χ3n) is 1.46. The molecule has 0 aromatic carbocycles. The fourth-order valence-electron chi connectivity index (χ4n) is 0.437. The first kappa shape index (κ1) is 8.92. The molecular weight excluding hydrogens is 114 g/mol. The summed E-state index contributed by atoms with van der Waals surface area (Å²) in [6.45, 7) is 7.53. The average molecular weight is 131 g/mol. The molecule has 0 aliphatic rings. The van der Waals surface area contributed by atoms with E-state index in [9.17, 15) is 0 Å². The van der Waals surface area contributed by atoms with E-state index in [2.05, 4.69) is 20.8 Å². The molecule has 0 fully saturated rings. The predicted molar refractivity (Wildman–Crippen MR) is 39.4 cm³/mol. The van der Waals surface area contributed by atoms with Gasteiger partial charge >= 0.3 is 0 Å². The zero-order valence-corrected chi connectivity index (χ0v) is 6.61. The van der Waals surface area contributed by atoms with Crippen LogP contribution in [0.4, 0.5) is 0 Å². The highest BCUT2D eigenvalue weighted by Gasteiger charge is 2.13. The largest absolute Gasteiger partial charge is 0.374 e. The van der Waals surface area contributed by atoms with Gasteiger partial charge in [-0.3, -0.25) is 0 Å². The minimum absolute atomic E-state index is 0.0133. The summed E-state index contributed by atoms with van der Waals surface area (Å²) in [5, 5.41) is 0. The van der Waals surface area contributed by atoms with Crippen molar-refractivity contribution in [3.05, 3.63) is 0 Å². The van der Waals surface area contributed by atoms with Crippen LogP contribution in [0.2, 0.25) is 0 Å². The van der Waals surface area contributed by atoms with Gasteiger partial charge in [0.25, 0.3) is 0 Å². The quantitative estimate of drug-likeness (QED) is 0.621. The van der Waals surface area contributed by atoms with Crippen molar-refractivity contribution >= 4 is 0 Å². The lowest BCUT2D eigenvalue weighted by atomic mass is 10.1. The molecule has 0 atom stereocenters. The van der Waals surface area contributed by atoms with Crippen molar-refractivity contribution in [1.29, 1.82) is 0 Å². The van der Waals surface area contributed by atoms with Gasteiger partial charge in [0.2, 0.25) is 0 Å². The average Bonchev–Trinajstić information content (AvgIpc) is 1.84. The summed E-state index contributed by atoms with van der Waals surface area (Å²) in [7, 11) is 0. The number of hydrogen-bond donors (Lipinski definition) is 1. The maximum Gasteiger partial charge on any atom is 0.0624 e. The third-order valence-corrected chi connectivity index (χ3v) is 1.46. The van der Waals surface area contributed by atoms with Gasteiger partial charge in [-0.05, 0) is 20.3 Å². The second-order valence-electron chi connectivity index (χ2n) is 2.75. The summed E-state index contributed by atoms with van der Waals surface area (Å²) in [6, 6.07) is 0. The van der Waals surface area contributed by atoms with E-state index in [0.29, 0.717) is 13.2 Å². The number of rotatable bonds is 4. The van der Waals surface area contributed by atoms with Crippen LogP contribution in [0.3, 0.4) is 0 Å². The molecule has 0 aliphatic carbocycles. The maximum atomic E-state index is 5.40. The Labute approximate surface area is 57.4 Å². The Balaban J connectivity index is 3.33. The molecule has 0 radical (unpaired) electrons. The molecule has 0 aliphatic heterocycles. The minimum atomic E-state index is 0.0133. The molecule has 0 unspecified atom stereocenters. The highest BCUT2D eigenvalue weighted by molar-refractivity contribution is 4.64. The Morgan fingerprint density at radius 2 is 2.00 bits per heavy atom. The summed E-state index contributed by atoms with van der Waals surface area (Å²) in [5.74, 6) is 0. The van der Waals surface area contributed by atoms with Gasteiger partial charge in [0.1, 0.15) is 0 Å². The molecule has 0 rings (SSSR count). The highest BCUT2D eigenvalue weighted by atomic mass is 16.5. The lowest BCUT2D eigenvalue weighted by molar-refractivity contribution is -0.0155. The molecule has 0 aromatic rings. The van der Waals surface area contributed by atoms with E-state index in [4.69, 9.17) is 10.5 Å². The van der Waals surface area contributed by atoms with Crippen molar-refractivity contribution < 1.29 is 4.74 Å². The van der Waals surface area contributed by atoms with Gasteiger partial charge in [-0.15, -0.1) is 0 Å². The summed E-state index contributed by atoms with van der Waals surface area (Å²) in [4.78, 5) is 0. The van der Waals surface area contributed by atoms with E-state index in [0.717, 1.165) is 6.42 Å². The Hall–Kier alpha value is -0.0800. The molecule has 2 nitrogen and oxygen atoms in total. The van der Waals surface area contributed by atoms with Crippen LogP contribution in [0.25, 0.3) is 0 Å². The summed E-state index contributed by atoms with van der Waals surface area (Å²) in [5.41, 5.74) is 5.28. The first-order valence-corrected chi connectivity index (χ1v) is 3.46. The zero-order chi connectivity index (χ0) is 7.33. The second-order valence-corrected chi connectivity index (χ2v) is 2.75. The van der Waals surface area contributed by atoms with Crippen LogP contribution in [0.1, 0.15) is 27.2 Å². The smallest absolute Gasteiger partial charge is 0.0624 e. The van der Waals surface area contributed by atoms with Crippen molar-refractivity contribution in [3.8, 4) is 0 Å². The van der Waals surface area contributed by atoms with Crippen LogP contribution < -0.4 is 5.73 Å². The third kappa shape index (κ3) is 4.43. The molecule has 0 amide bonds. The van der Waals surface area contributed by atoms with Crippen molar-refractivity contribution in [2.24, 2.45) is 5.73 Å². The van der Waals surface area contributed by atoms with Crippen LogP contribution in [0, 0.1) is 0 Å². The van der Waals surface area contributed by atoms with E-state index in [1.807, 2.05) is 0 Å². The number of nitrogens with two attached hydrogens (primary N) is 1. The van der Waals surface area contributed by atoms with E-state index in [-0.39, 0.29) is 5.60 Å². The maximum absolute atomic E-state index is 5.40. The molecule has 0 spiro atoms. The van der Waals surface area contributed by atoms with Crippen molar-refractivity contribution in [2.45, 2.75) is 32.8 Å². The van der Waals surface area contributed by atoms with Crippen LogP contribution in [-0.4, -0.2) is 18.8 Å². The van der Waals surface area contributed by atoms with Gasteiger partial charge in [-0.2, -0.15) is 0 Å². The van der Waals surface area contributed by atoms with E-state index >= 15 is 0 Å². The van der Waals surface area contributed by atoms with Gasteiger partial charge in [0.15, 0.2) is 0 Å². The van der Waals surface area contributed by atoms with Gasteiger partial charge < -0.3 is 10.5 Å². The van der Waals surface area contributed by atoms with Gasteiger partial charge in [0, 0.05) is 6.54 Å².